The molecule has 49 heavy (non-hydrogen) atoms. The molecule has 5 aromatic rings. The molecule has 0 aliphatic carbocycles. The monoisotopic (exact) mass is 685 g/mol. The van der Waals surface area contributed by atoms with Gasteiger partial charge in [-0.25, -0.2) is 17.6 Å². The second-order valence-corrected chi connectivity index (χ2v) is 11.4. The van der Waals surface area contributed by atoms with E-state index in [0.29, 0.717) is 34.1 Å². The zero-order chi connectivity index (χ0) is 34.8. The number of carbonyl (C=O) groups is 3. The summed E-state index contributed by atoms with van der Waals surface area (Å²) in [5, 5.41) is 7.25. The van der Waals surface area contributed by atoms with Crippen molar-refractivity contribution >= 4 is 46.9 Å². The van der Waals surface area contributed by atoms with Crippen LogP contribution in [-0.2, 0) is 16.2 Å². The van der Waals surface area contributed by atoms with Crippen LogP contribution in [0.5, 0.6) is 5.75 Å². The summed E-state index contributed by atoms with van der Waals surface area (Å²) in [6, 6.07) is 31.4. The number of hydrogen-bond donors (Lipinski definition) is 3. The fourth-order valence-corrected chi connectivity index (χ4v) is 5.05. The third-order valence-corrected chi connectivity index (χ3v) is 7.84. The second-order valence-electron chi connectivity index (χ2n) is 10.4. The molecular weight excluding hydrogens is 658 g/mol. The highest BCUT2D eigenvalue weighted by molar-refractivity contribution is 8.00. The van der Waals surface area contributed by atoms with Crippen LogP contribution in [0.3, 0.4) is 0 Å². The zero-order valence-electron chi connectivity index (χ0n) is 25.5. The normalized spacial score (nSPS) is 11.1. The Bertz CT molecular complexity index is 1950. The molecule has 0 unspecified atom stereocenters. The number of carbonyl (C=O) groups excluding carboxylic acids is 3. The van der Waals surface area contributed by atoms with E-state index >= 15 is 0 Å². The topological polar surface area (TPSA) is 96.5 Å². The molecule has 0 radical (unpaired) electrons. The van der Waals surface area contributed by atoms with Gasteiger partial charge in [-0.05, 0) is 65.7 Å². The number of thioether (sulfide) groups is 1. The number of anilines is 2. The summed E-state index contributed by atoms with van der Waals surface area (Å²) in [6.07, 6.45) is 1.52. The van der Waals surface area contributed by atoms with Crippen LogP contribution in [0, 0.1) is 23.3 Å². The first-order valence-corrected chi connectivity index (χ1v) is 15.7. The van der Waals surface area contributed by atoms with Gasteiger partial charge in [0.25, 0.3) is 11.8 Å². The number of amides is 3. The molecule has 248 valence electrons. The maximum absolute atomic E-state index is 13.9. The Balaban J connectivity index is 1.23. The van der Waals surface area contributed by atoms with Gasteiger partial charge in [-0.2, -0.15) is 0 Å². The third kappa shape index (κ3) is 9.58. The number of benzene rings is 5. The molecule has 5 aromatic carbocycles. The molecule has 0 aliphatic rings. The minimum absolute atomic E-state index is 0.0322. The molecule has 12 heteroatoms. The zero-order valence-corrected chi connectivity index (χ0v) is 26.3. The SMILES string of the molecule is O=C(CSc1ccc(NC(=O)/C(=C/c2ccc(OCc3ccccc3)cc2)NC(=O)c2ccccc2)cc1)Nc1c(F)c(F)cc(F)c1F. The van der Waals surface area contributed by atoms with Crippen LogP contribution in [-0.4, -0.2) is 23.5 Å². The minimum Gasteiger partial charge on any atom is -0.489 e. The molecule has 3 amide bonds. The van der Waals surface area contributed by atoms with Crippen molar-refractivity contribution in [2.24, 2.45) is 0 Å². The van der Waals surface area contributed by atoms with E-state index in [4.69, 9.17) is 4.74 Å². The summed E-state index contributed by atoms with van der Waals surface area (Å²) in [6.45, 7) is 0.386. The summed E-state index contributed by atoms with van der Waals surface area (Å²) < 4.78 is 60.5. The van der Waals surface area contributed by atoms with Gasteiger partial charge in [0.05, 0.1) is 5.75 Å². The van der Waals surface area contributed by atoms with E-state index in [1.54, 1.807) is 78.9 Å². The fraction of sp³-hybridized carbons (Fsp3) is 0.0541. The van der Waals surface area contributed by atoms with Crippen LogP contribution in [0.1, 0.15) is 21.5 Å². The highest BCUT2D eigenvalue weighted by atomic mass is 32.2. The maximum atomic E-state index is 13.9. The summed E-state index contributed by atoms with van der Waals surface area (Å²) in [5.74, 6) is -8.42. The molecule has 0 aliphatic heterocycles. The largest absolute Gasteiger partial charge is 0.489 e. The molecule has 0 saturated carbocycles. The predicted octanol–water partition coefficient (Wildman–Crippen LogP) is 7.96. The smallest absolute Gasteiger partial charge is 0.272 e. The van der Waals surface area contributed by atoms with Crippen LogP contribution in [0.2, 0.25) is 0 Å². The second kappa shape index (κ2) is 16.3. The van der Waals surface area contributed by atoms with Crippen molar-refractivity contribution in [2.75, 3.05) is 16.4 Å². The third-order valence-electron chi connectivity index (χ3n) is 6.83. The van der Waals surface area contributed by atoms with Crippen molar-refractivity contribution in [1.82, 2.24) is 5.32 Å². The lowest BCUT2D eigenvalue weighted by atomic mass is 10.1. The number of ether oxygens (including phenoxy) is 1. The molecule has 0 heterocycles. The summed E-state index contributed by atoms with van der Waals surface area (Å²) >= 11 is 0.977. The van der Waals surface area contributed by atoms with Crippen molar-refractivity contribution in [3.8, 4) is 5.75 Å². The Morgan fingerprint density at radius 1 is 0.714 bits per heavy atom. The molecular formula is C37H27F4N3O4S. The molecule has 0 saturated heterocycles. The molecule has 0 fully saturated rings. The van der Waals surface area contributed by atoms with Gasteiger partial charge in [-0.15, -0.1) is 11.8 Å². The first-order chi connectivity index (χ1) is 23.7. The maximum Gasteiger partial charge on any atom is 0.272 e. The van der Waals surface area contributed by atoms with Crippen molar-refractivity contribution in [1.29, 1.82) is 0 Å². The lowest BCUT2D eigenvalue weighted by molar-refractivity contribution is -0.114. The van der Waals surface area contributed by atoms with E-state index < -0.39 is 46.7 Å². The van der Waals surface area contributed by atoms with Gasteiger partial charge >= 0.3 is 0 Å². The van der Waals surface area contributed by atoms with Crippen molar-refractivity contribution < 1.29 is 36.7 Å². The molecule has 0 bridgehead atoms. The molecule has 0 spiro atoms. The predicted molar refractivity (Wildman–Crippen MR) is 180 cm³/mol. The molecule has 7 nitrogen and oxygen atoms in total. The Morgan fingerprint density at radius 3 is 1.96 bits per heavy atom. The fourth-order valence-electron chi connectivity index (χ4n) is 4.35. The average molecular weight is 686 g/mol. The quantitative estimate of drug-likeness (QED) is 0.0536. The Labute approximate surface area is 283 Å². The van der Waals surface area contributed by atoms with Gasteiger partial charge in [0.1, 0.15) is 23.7 Å². The van der Waals surface area contributed by atoms with Gasteiger partial charge in [-0.3, -0.25) is 14.4 Å². The number of nitrogens with one attached hydrogen (secondary N) is 3. The lowest BCUT2D eigenvalue weighted by Crippen LogP contribution is -2.30. The molecule has 3 N–H and O–H groups in total. The van der Waals surface area contributed by atoms with Crippen LogP contribution in [0.25, 0.3) is 6.08 Å². The van der Waals surface area contributed by atoms with E-state index in [1.165, 1.54) is 6.08 Å². The highest BCUT2D eigenvalue weighted by Crippen LogP contribution is 2.26. The summed E-state index contributed by atoms with van der Waals surface area (Å²) in [4.78, 5) is 39.1. The van der Waals surface area contributed by atoms with Crippen LogP contribution < -0.4 is 20.7 Å². The standard InChI is InChI=1S/C37H27F4N3O4S/c38-29-20-30(39)34(41)35(33(29)40)44-32(45)22-49-28-17-13-26(14-18-28)42-37(47)31(43-36(46)25-9-5-2-6-10-25)19-23-11-15-27(16-12-23)48-21-24-7-3-1-4-8-24/h1-20H,21-22H2,(H,42,47)(H,43,46)(H,44,45)/b31-19-. The van der Waals surface area contributed by atoms with Crippen molar-refractivity contribution in [3.63, 3.8) is 0 Å². The van der Waals surface area contributed by atoms with Crippen LogP contribution in [0.15, 0.2) is 126 Å². The van der Waals surface area contributed by atoms with E-state index in [1.807, 2.05) is 35.6 Å². The Kier molecular flexibility index (Phi) is 11.5. The molecule has 5 rings (SSSR count). The van der Waals surface area contributed by atoms with E-state index in [0.717, 1.165) is 17.3 Å². The minimum atomic E-state index is -1.71. The molecule has 0 atom stereocenters. The van der Waals surface area contributed by atoms with E-state index in [-0.39, 0.29) is 17.5 Å². The van der Waals surface area contributed by atoms with E-state index in [2.05, 4.69) is 10.6 Å². The summed E-state index contributed by atoms with van der Waals surface area (Å²) in [5.41, 5.74) is 1.11. The van der Waals surface area contributed by atoms with Gasteiger partial charge in [0, 0.05) is 22.2 Å². The van der Waals surface area contributed by atoms with Crippen LogP contribution >= 0.6 is 11.8 Å². The first kappa shape index (κ1) is 34.5. The van der Waals surface area contributed by atoms with Gasteiger partial charge < -0.3 is 20.7 Å². The number of rotatable bonds is 12. The average Bonchev–Trinajstić information content (AvgIpc) is 3.12. The van der Waals surface area contributed by atoms with E-state index in [9.17, 15) is 31.9 Å². The van der Waals surface area contributed by atoms with Crippen molar-refractivity contribution in [2.45, 2.75) is 11.5 Å². The summed E-state index contributed by atoms with van der Waals surface area (Å²) in [7, 11) is 0. The van der Waals surface area contributed by atoms with Gasteiger partial charge in [0.15, 0.2) is 23.3 Å². The number of hydrogen-bond acceptors (Lipinski definition) is 5. The van der Waals surface area contributed by atoms with Crippen LogP contribution in [0.4, 0.5) is 28.9 Å². The van der Waals surface area contributed by atoms with Gasteiger partial charge in [0.2, 0.25) is 5.91 Å². The van der Waals surface area contributed by atoms with Gasteiger partial charge in [-0.1, -0.05) is 60.7 Å². The molecule has 0 aromatic heterocycles. The Morgan fingerprint density at radius 2 is 1.33 bits per heavy atom. The Hall–Kier alpha value is -5.88. The number of halogens is 4. The lowest BCUT2D eigenvalue weighted by Gasteiger charge is -2.12. The van der Waals surface area contributed by atoms with Crippen molar-refractivity contribution in [3.05, 3.63) is 161 Å². The highest BCUT2D eigenvalue weighted by Gasteiger charge is 2.21. The first-order valence-electron chi connectivity index (χ1n) is 14.7.